The normalized spacial score (nSPS) is 13.1. The summed E-state index contributed by atoms with van der Waals surface area (Å²) in [5.74, 6) is 0.115. The number of ketones is 2. The number of benzene rings is 4. The number of aromatic nitrogens is 2. The molecule has 8 heteroatoms. The van der Waals surface area contributed by atoms with E-state index >= 15 is 0 Å². The number of anilines is 1. The van der Waals surface area contributed by atoms with Gasteiger partial charge in [0.1, 0.15) is 5.75 Å². The number of nitrogens with one attached hydrogen (secondary N) is 1. The number of thioether (sulfide) groups is 1. The summed E-state index contributed by atoms with van der Waals surface area (Å²) < 4.78 is 7.62. The second kappa shape index (κ2) is 10.5. The molecule has 1 N–H and O–H groups in total. The molecule has 1 aromatic heterocycles. The van der Waals surface area contributed by atoms with Gasteiger partial charge in [0, 0.05) is 33.6 Å². The van der Waals surface area contributed by atoms with E-state index in [4.69, 9.17) is 9.72 Å². The maximum absolute atomic E-state index is 13.3. The second-order valence-electron chi connectivity index (χ2n) is 9.36. The van der Waals surface area contributed by atoms with Crippen molar-refractivity contribution in [2.45, 2.75) is 24.3 Å². The molecule has 198 valence electrons. The van der Waals surface area contributed by atoms with Crippen molar-refractivity contribution < 1.29 is 19.1 Å². The number of rotatable bonds is 7. The number of imidazole rings is 1. The quantitative estimate of drug-likeness (QED) is 0.235. The number of hydrogen-bond acceptors (Lipinski definition) is 6. The summed E-state index contributed by atoms with van der Waals surface area (Å²) in [5.41, 5.74) is 4.52. The average Bonchev–Trinajstić information content (AvgIpc) is 3.34. The van der Waals surface area contributed by atoms with E-state index in [2.05, 4.69) is 5.32 Å². The zero-order valence-corrected chi connectivity index (χ0v) is 22.7. The Bertz CT molecular complexity index is 1790. The first kappa shape index (κ1) is 25.6. The van der Waals surface area contributed by atoms with E-state index in [9.17, 15) is 14.4 Å². The molecule has 0 aliphatic heterocycles. The third-order valence-electron chi connectivity index (χ3n) is 6.78. The van der Waals surface area contributed by atoms with Gasteiger partial charge in [0.25, 0.3) is 0 Å². The highest BCUT2D eigenvalue weighted by Gasteiger charge is 2.30. The number of carbonyl (C=O) groups excluding carboxylic acids is 3. The number of nitrogens with zero attached hydrogens (tertiary/aromatic N) is 2. The summed E-state index contributed by atoms with van der Waals surface area (Å²) in [6, 6.07) is 27.2. The molecule has 0 fully saturated rings. The van der Waals surface area contributed by atoms with E-state index in [1.165, 1.54) is 11.8 Å². The van der Waals surface area contributed by atoms with Crippen LogP contribution in [0.1, 0.15) is 45.7 Å². The van der Waals surface area contributed by atoms with Gasteiger partial charge in [-0.05, 0) is 68.4 Å². The minimum atomic E-state index is -0.507. The molecule has 1 unspecified atom stereocenters. The smallest absolute Gasteiger partial charge is 0.237 e. The molecular weight excluding hydrogens is 522 g/mol. The Balaban J connectivity index is 1.25. The summed E-state index contributed by atoms with van der Waals surface area (Å²) in [6.45, 7) is 4.34. The molecular formula is C32H25N3O4S. The van der Waals surface area contributed by atoms with E-state index < -0.39 is 5.25 Å². The fourth-order valence-electron chi connectivity index (χ4n) is 4.82. The van der Waals surface area contributed by atoms with E-state index in [1.54, 1.807) is 42.5 Å². The van der Waals surface area contributed by atoms with Gasteiger partial charge in [-0.2, -0.15) is 0 Å². The Kier molecular flexibility index (Phi) is 6.69. The van der Waals surface area contributed by atoms with Gasteiger partial charge in [-0.25, -0.2) is 4.98 Å². The Labute approximate surface area is 235 Å². The van der Waals surface area contributed by atoms with Crippen LogP contribution >= 0.6 is 11.8 Å². The Morgan fingerprint density at radius 1 is 0.875 bits per heavy atom. The molecule has 1 aliphatic carbocycles. The molecule has 6 rings (SSSR count). The first-order valence-corrected chi connectivity index (χ1v) is 13.8. The summed E-state index contributed by atoms with van der Waals surface area (Å²) in [6.07, 6.45) is 0. The van der Waals surface area contributed by atoms with E-state index in [1.807, 2.05) is 66.9 Å². The predicted octanol–water partition coefficient (Wildman–Crippen LogP) is 6.32. The van der Waals surface area contributed by atoms with Crippen molar-refractivity contribution in [3.8, 4) is 11.4 Å². The van der Waals surface area contributed by atoms with Crippen LogP contribution < -0.4 is 10.1 Å². The van der Waals surface area contributed by atoms with Crippen molar-refractivity contribution in [2.24, 2.45) is 0 Å². The lowest BCUT2D eigenvalue weighted by Gasteiger charge is -2.19. The molecule has 0 bridgehead atoms. The van der Waals surface area contributed by atoms with Crippen LogP contribution in [0.15, 0.2) is 96.2 Å². The lowest BCUT2D eigenvalue weighted by atomic mass is 9.84. The minimum absolute atomic E-state index is 0.194. The fraction of sp³-hybridized carbons (Fsp3) is 0.125. The predicted molar refractivity (Wildman–Crippen MR) is 156 cm³/mol. The van der Waals surface area contributed by atoms with Crippen LogP contribution in [-0.4, -0.2) is 38.9 Å². The van der Waals surface area contributed by atoms with Crippen molar-refractivity contribution in [1.82, 2.24) is 9.55 Å². The van der Waals surface area contributed by atoms with Crippen molar-refractivity contribution in [2.75, 3.05) is 11.9 Å². The summed E-state index contributed by atoms with van der Waals surface area (Å²) >= 11 is 1.34. The monoisotopic (exact) mass is 547 g/mol. The SMILES string of the molecule is CCOc1ccc(-n2c(SC(C)C(=O)Nc3ccc4c(c3)C(=O)c3ccccc3C4=O)nc3ccccc32)cc1. The molecule has 1 atom stereocenters. The number of amides is 1. The number of fused-ring (bicyclic) bond motifs is 3. The third kappa shape index (κ3) is 4.56. The van der Waals surface area contributed by atoms with Crippen LogP contribution in [0.3, 0.4) is 0 Å². The van der Waals surface area contributed by atoms with Crippen LogP contribution in [0.5, 0.6) is 5.75 Å². The van der Waals surface area contributed by atoms with Crippen LogP contribution in [0.2, 0.25) is 0 Å². The summed E-state index contributed by atoms with van der Waals surface area (Å²) in [5, 5.41) is 3.08. The zero-order chi connectivity index (χ0) is 27.8. The molecule has 0 saturated heterocycles. The largest absolute Gasteiger partial charge is 0.494 e. The van der Waals surface area contributed by atoms with Gasteiger partial charge < -0.3 is 10.1 Å². The third-order valence-corrected chi connectivity index (χ3v) is 7.83. The molecule has 1 amide bonds. The van der Waals surface area contributed by atoms with Crippen molar-refractivity contribution in [3.63, 3.8) is 0 Å². The average molecular weight is 548 g/mol. The van der Waals surface area contributed by atoms with Gasteiger partial charge in [-0.15, -0.1) is 0 Å². The molecule has 1 heterocycles. The van der Waals surface area contributed by atoms with E-state index in [0.717, 1.165) is 22.5 Å². The van der Waals surface area contributed by atoms with Crippen LogP contribution in [0, 0.1) is 0 Å². The molecule has 7 nitrogen and oxygen atoms in total. The summed E-state index contributed by atoms with van der Waals surface area (Å²) in [4.78, 5) is 44.1. The number of ether oxygens (including phenoxy) is 1. The van der Waals surface area contributed by atoms with Gasteiger partial charge in [0.15, 0.2) is 16.7 Å². The standard InChI is InChI=1S/C32H25N3O4S/c1-3-39-22-15-13-21(14-16-22)35-28-11-7-6-10-27(28)34-32(35)40-19(2)31(38)33-20-12-17-25-26(18-20)30(37)24-9-5-4-8-23(24)29(25)36/h4-19H,3H2,1-2H3,(H,33,38). The van der Waals surface area contributed by atoms with Gasteiger partial charge in [0.2, 0.25) is 5.91 Å². The second-order valence-corrected chi connectivity index (χ2v) is 10.7. The van der Waals surface area contributed by atoms with Gasteiger partial charge in [-0.3, -0.25) is 19.0 Å². The maximum Gasteiger partial charge on any atom is 0.237 e. The van der Waals surface area contributed by atoms with Gasteiger partial charge >= 0.3 is 0 Å². The molecule has 1 aliphatic rings. The van der Waals surface area contributed by atoms with Crippen molar-refractivity contribution in [1.29, 1.82) is 0 Å². The van der Waals surface area contributed by atoms with Gasteiger partial charge in [0.05, 0.1) is 22.9 Å². The minimum Gasteiger partial charge on any atom is -0.494 e. The highest BCUT2D eigenvalue weighted by atomic mass is 32.2. The fourth-order valence-corrected chi connectivity index (χ4v) is 5.77. The van der Waals surface area contributed by atoms with Crippen molar-refractivity contribution in [3.05, 3.63) is 113 Å². The highest BCUT2D eigenvalue weighted by Crippen LogP contribution is 2.33. The molecule has 0 spiro atoms. The summed E-state index contributed by atoms with van der Waals surface area (Å²) in [7, 11) is 0. The Morgan fingerprint density at radius 2 is 1.52 bits per heavy atom. The lowest BCUT2D eigenvalue weighted by Crippen LogP contribution is -2.24. The molecule has 0 radical (unpaired) electrons. The van der Waals surface area contributed by atoms with Crippen LogP contribution in [0.25, 0.3) is 16.7 Å². The van der Waals surface area contributed by atoms with Gasteiger partial charge in [-0.1, -0.05) is 48.2 Å². The van der Waals surface area contributed by atoms with E-state index in [0.29, 0.717) is 39.7 Å². The topological polar surface area (TPSA) is 90.3 Å². The van der Waals surface area contributed by atoms with Crippen molar-refractivity contribution >= 4 is 46.0 Å². The molecule has 40 heavy (non-hydrogen) atoms. The highest BCUT2D eigenvalue weighted by molar-refractivity contribution is 8.00. The Hall–Kier alpha value is -4.69. The Morgan fingerprint density at radius 3 is 2.25 bits per heavy atom. The lowest BCUT2D eigenvalue weighted by molar-refractivity contribution is -0.115. The van der Waals surface area contributed by atoms with E-state index in [-0.39, 0.29) is 17.5 Å². The number of hydrogen-bond donors (Lipinski definition) is 1. The molecule has 0 saturated carbocycles. The number of para-hydroxylation sites is 2. The maximum atomic E-state index is 13.3. The first-order chi connectivity index (χ1) is 19.4. The first-order valence-electron chi connectivity index (χ1n) is 13.0. The van der Waals surface area contributed by atoms with Crippen LogP contribution in [0.4, 0.5) is 5.69 Å². The molecule has 5 aromatic rings. The van der Waals surface area contributed by atoms with Crippen LogP contribution in [-0.2, 0) is 4.79 Å². The zero-order valence-electron chi connectivity index (χ0n) is 21.9. The molecule has 4 aromatic carbocycles. The number of carbonyl (C=O) groups is 3.